The summed E-state index contributed by atoms with van der Waals surface area (Å²) in [7, 11) is 0. The van der Waals surface area contributed by atoms with Crippen LogP contribution in [-0.4, -0.2) is 22.5 Å². The van der Waals surface area contributed by atoms with Crippen LogP contribution in [0.3, 0.4) is 0 Å². The fraction of sp³-hybridized carbons (Fsp3) is 0.286. The number of H-pyrrole nitrogens is 1. The van der Waals surface area contributed by atoms with E-state index in [-0.39, 0.29) is 6.03 Å². The molecule has 2 heterocycles. The van der Waals surface area contributed by atoms with Crippen molar-refractivity contribution in [3.8, 4) is 0 Å². The number of fused-ring (bicyclic) bond motifs is 3. The summed E-state index contributed by atoms with van der Waals surface area (Å²) in [5.41, 5.74) is 5.77. The lowest BCUT2D eigenvalue weighted by atomic mass is 10.0. The molecule has 0 spiro atoms. The Balaban J connectivity index is 1.50. The van der Waals surface area contributed by atoms with Crippen molar-refractivity contribution in [3.05, 3.63) is 65.4 Å². The Labute approximate surface area is 147 Å². The maximum atomic E-state index is 12.7. The molecule has 1 aliphatic heterocycles. The maximum Gasteiger partial charge on any atom is 0.322 e. The Kier molecular flexibility index (Phi) is 3.96. The van der Waals surface area contributed by atoms with Crippen LogP contribution in [-0.2, 0) is 13.0 Å². The number of benzene rings is 2. The third-order valence-corrected chi connectivity index (χ3v) is 5.00. The van der Waals surface area contributed by atoms with Crippen molar-refractivity contribution >= 4 is 22.6 Å². The van der Waals surface area contributed by atoms with Crippen molar-refractivity contribution in [1.82, 2.24) is 9.88 Å². The van der Waals surface area contributed by atoms with E-state index < -0.39 is 0 Å². The molecule has 128 valence electrons. The minimum Gasteiger partial charge on any atom is -0.358 e. The summed E-state index contributed by atoms with van der Waals surface area (Å²) in [4.78, 5) is 18.0. The number of hydrogen-bond donors (Lipinski definition) is 2. The Hall–Kier alpha value is -2.75. The van der Waals surface area contributed by atoms with Crippen LogP contribution in [0.1, 0.15) is 36.6 Å². The Morgan fingerprint density at radius 2 is 1.88 bits per heavy atom. The number of para-hydroxylation sites is 1. The van der Waals surface area contributed by atoms with Crippen molar-refractivity contribution in [2.75, 3.05) is 11.9 Å². The average Bonchev–Trinajstić information content (AvgIpc) is 3.00. The third-order valence-electron chi connectivity index (χ3n) is 5.00. The first-order valence-corrected chi connectivity index (χ1v) is 8.86. The SMILES string of the molecule is CC(C)c1ccc(NC(=O)N2CCc3[nH]c4ccccc4c3C2)cc1. The van der Waals surface area contributed by atoms with Crippen LogP contribution in [0.5, 0.6) is 0 Å². The predicted octanol–water partition coefficient (Wildman–Crippen LogP) is 4.88. The zero-order valence-electron chi connectivity index (χ0n) is 14.7. The summed E-state index contributed by atoms with van der Waals surface area (Å²) < 4.78 is 0. The second-order valence-electron chi connectivity index (χ2n) is 7.01. The number of urea groups is 1. The van der Waals surface area contributed by atoms with Crippen molar-refractivity contribution in [1.29, 1.82) is 0 Å². The Morgan fingerprint density at radius 3 is 2.64 bits per heavy atom. The Bertz CT molecular complexity index is 909. The smallest absolute Gasteiger partial charge is 0.322 e. The molecule has 1 aromatic heterocycles. The number of nitrogens with zero attached hydrogens (tertiary/aromatic N) is 1. The van der Waals surface area contributed by atoms with Crippen LogP contribution in [0.25, 0.3) is 10.9 Å². The minimum absolute atomic E-state index is 0.0340. The molecule has 1 aliphatic rings. The van der Waals surface area contributed by atoms with Gasteiger partial charge >= 0.3 is 6.03 Å². The number of aromatic nitrogens is 1. The number of hydrogen-bond acceptors (Lipinski definition) is 1. The van der Waals surface area contributed by atoms with E-state index in [4.69, 9.17) is 0 Å². The molecule has 0 radical (unpaired) electrons. The van der Waals surface area contributed by atoms with E-state index in [1.54, 1.807) is 0 Å². The maximum absolute atomic E-state index is 12.7. The van der Waals surface area contributed by atoms with Gasteiger partial charge in [-0.2, -0.15) is 0 Å². The van der Waals surface area contributed by atoms with E-state index in [1.165, 1.54) is 22.2 Å². The van der Waals surface area contributed by atoms with Crippen LogP contribution in [0, 0.1) is 0 Å². The number of carbonyl (C=O) groups excluding carboxylic acids is 1. The van der Waals surface area contributed by atoms with E-state index in [9.17, 15) is 4.79 Å². The quantitative estimate of drug-likeness (QED) is 0.690. The first kappa shape index (κ1) is 15.8. The normalized spacial score (nSPS) is 14.0. The van der Waals surface area contributed by atoms with Gasteiger partial charge in [-0.15, -0.1) is 0 Å². The number of nitrogens with one attached hydrogen (secondary N) is 2. The van der Waals surface area contributed by atoms with Gasteiger partial charge in [0.05, 0.1) is 0 Å². The molecular weight excluding hydrogens is 310 g/mol. The van der Waals surface area contributed by atoms with E-state index in [0.717, 1.165) is 24.2 Å². The standard InChI is InChI=1S/C21H23N3O/c1-14(2)15-7-9-16(10-8-15)22-21(25)24-12-11-20-18(13-24)17-5-3-4-6-19(17)23-20/h3-10,14,23H,11-13H2,1-2H3,(H,22,25). The van der Waals surface area contributed by atoms with Gasteiger partial charge in [-0.05, 0) is 29.7 Å². The van der Waals surface area contributed by atoms with Crippen molar-refractivity contribution < 1.29 is 4.79 Å². The van der Waals surface area contributed by atoms with Crippen LogP contribution in [0.4, 0.5) is 10.5 Å². The molecule has 0 fully saturated rings. The molecule has 4 nitrogen and oxygen atoms in total. The first-order chi connectivity index (χ1) is 12.1. The highest BCUT2D eigenvalue weighted by molar-refractivity contribution is 5.91. The van der Waals surface area contributed by atoms with Crippen LogP contribution >= 0.6 is 0 Å². The molecule has 0 atom stereocenters. The van der Waals surface area contributed by atoms with Gasteiger partial charge in [-0.3, -0.25) is 0 Å². The molecule has 0 bridgehead atoms. The summed E-state index contributed by atoms with van der Waals surface area (Å²) in [6.07, 6.45) is 0.865. The van der Waals surface area contributed by atoms with Gasteiger partial charge in [0.1, 0.15) is 0 Å². The lowest BCUT2D eigenvalue weighted by molar-refractivity contribution is 0.206. The lowest BCUT2D eigenvalue weighted by Gasteiger charge is -2.27. The fourth-order valence-corrected chi connectivity index (χ4v) is 3.49. The molecule has 4 heteroatoms. The van der Waals surface area contributed by atoms with Gasteiger partial charge in [0.25, 0.3) is 0 Å². The molecule has 4 rings (SSSR count). The van der Waals surface area contributed by atoms with Gasteiger partial charge in [0, 0.05) is 47.4 Å². The highest BCUT2D eigenvalue weighted by Crippen LogP contribution is 2.28. The molecule has 0 unspecified atom stereocenters. The predicted molar refractivity (Wildman–Crippen MR) is 102 cm³/mol. The number of aromatic amines is 1. The van der Waals surface area contributed by atoms with Crippen LogP contribution in [0.2, 0.25) is 0 Å². The van der Waals surface area contributed by atoms with Gasteiger partial charge < -0.3 is 15.2 Å². The highest BCUT2D eigenvalue weighted by Gasteiger charge is 2.23. The van der Waals surface area contributed by atoms with E-state index in [1.807, 2.05) is 29.2 Å². The van der Waals surface area contributed by atoms with Crippen LogP contribution < -0.4 is 5.32 Å². The summed E-state index contributed by atoms with van der Waals surface area (Å²) >= 11 is 0. The number of anilines is 1. The average molecular weight is 333 g/mol. The lowest BCUT2D eigenvalue weighted by Crippen LogP contribution is -2.38. The summed E-state index contributed by atoms with van der Waals surface area (Å²) in [6.45, 7) is 5.71. The van der Waals surface area contributed by atoms with Gasteiger partial charge in [-0.25, -0.2) is 4.79 Å². The topological polar surface area (TPSA) is 48.1 Å². The summed E-state index contributed by atoms with van der Waals surface area (Å²) in [5.74, 6) is 0.493. The molecule has 2 N–H and O–H groups in total. The number of rotatable bonds is 2. The number of amides is 2. The van der Waals surface area contributed by atoms with Gasteiger partial charge in [0.15, 0.2) is 0 Å². The molecule has 0 saturated heterocycles. The van der Waals surface area contributed by atoms with Crippen molar-refractivity contribution in [3.63, 3.8) is 0 Å². The van der Waals surface area contributed by atoms with E-state index in [0.29, 0.717) is 12.5 Å². The van der Waals surface area contributed by atoms with Crippen molar-refractivity contribution in [2.45, 2.75) is 32.7 Å². The van der Waals surface area contributed by atoms with Crippen molar-refractivity contribution in [2.24, 2.45) is 0 Å². The largest absolute Gasteiger partial charge is 0.358 e. The highest BCUT2D eigenvalue weighted by atomic mass is 16.2. The summed E-state index contributed by atoms with van der Waals surface area (Å²) in [6, 6.07) is 16.4. The third kappa shape index (κ3) is 3.00. The molecule has 2 amide bonds. The second kappa shape index (κ2) is 6.28. The molecule has 3 aromatic rings. The zero-order chi connectivity index (χ0) is 17.4. The molecular formula is C21H23N3O. The fourth-order valence-electron chi connectivity index (χ4n) is 3.49. The Morgan fingerprint density at radius 1 is 1.12 bits per heavy atom. The monoisotopic (exact) mass is 333 g/mol. The van der Waals surface area contributed by atoms with Crippen LogP contribution in [0.15, 0.2) is 48.5 Å². The zero-order valence-corrected chi connectivity index (χ0v) is 14.7. The minimum atomic E-state index is -0.0340. The molecule has 2 aromatic carbocycles. The second-order valence-corrected chi connectivity index (χ2v) is 7.01. The molecule has 0 saturated carbocycles. The van der Waals surface area contributed by atoms with Gasteiger partial charge in [0.2, 0.25) is 0 Å². The van der Waals surface area contributed by atoms with Gasteiger partial charge in [-0.1, -0.05) is 44.2 Å². The van der Waals surface area contributed by atoms with E-state index in [2.05, 4.69) is 48.4 Å². The summed E-state index contributed by atoms with van der Waals surface area (Å²) in [5, 5.41) is 4.24. The number of carbonyl (C=O) groups is 1. The van der Waals surface area contributed by atoms with E-state index >= 15 is 0 Å². The molecule has 0 aliphatic carbocycles. The molecule has 25 heavy (non-hydrogen) atoms. The first-order valence-electron chi connectivity index (χ1n) is 8.86.